The molecular formula is C23H30N2S2. The normalized spacial score (nSPS) is 17.6. The van der Waals surface area contributed by atoms with E-state index in [0.29, 0.717) is 0 Å². The van der Waals surface area contributed by atoms with Crippen LogP contribution in [0.15, 0.2) is 57.2 Å². The lowest BCUT2D eigenvalue weighted by Gasteiger charge is -2.35. The summed E-state index contributed by atoms with van der Waals surface area (Å²) in [5.74, 6) is 2.03. The van der Waals surface area contributed by atoms with Crippen molar-refractivity contribution < 1.29 is 0 Å². The van der Waals surface area contributed by atoms with Crippen molar-refractivity contribution in [3.63, 3.8) is 0 Å². The molecule has 0 aromatic heterocycles. The molecule has 2 aliphatic rings. The minimum atomic E-state index is 0.911. The van der Waals surface area contributed by atoms with E-state index in [1.807, 2.05) is 23.5 Å². The number of para-hydroxylation sites is 1. The largest absolute Gasteiger partial charge is 0.340 e. The maximum atomic E-state index is 2.66. The van der Waals surface area contributed by atoms with Gasteiger partial charge in [-0.25, -0.2) is 0 Å². The van der Waals surface area contributed by atoms with Gasteiger partial charge in [-0.05, 0) is 80.9 Å². The second-order valence-corrected chi connectivity index (χ2v) is 10.1. The minimum Gasteiger partial charge on any atom is -0.340 e. The van der Waals surface area contributed by atoms with Gasteiger partial charge in [0.25, 0.3) is 0 Å². The molecule has 0 spiro atoms. The Bertz CT molecular complexity index is 769. The third-order valence-electron chi connectivity index (χ3n) is 5.64. The molecule has 144 valence electrons. The van der Waals surface area contributed by atoms with Gasteiger partial charge in [-0.15, -0.1) is 11.8 Å². The molecule has 0 bridgehead atoms. The Labute approximate surface area is 172 Å². The summed E-state index contributed by atoms with van der Waals surface area (Å²) >= 11 is 3.85. The van der Waals surface area contributed by atoms with Crippen LogP contribution >= 0.6 is 23.5 Å². The van der Waals surface area contributed by atoms with Crippen LogP contribution in [0.2, 0.25) is 0 Å². The molecule has 2 aliphatic heterocycles. The zero-order chi connectivity index (χ0) is 18.6. The highest BCUT2D eigenvalue weighted by molar-refractivity contribution is 8.00. The van der Waals surface area contributed by atoms with Gasteiger partial charge < -0.3 is 9.80 Å². The van der Waals surface area contributed by atoms with E-state index >= 15 is 0 Å². The summed E-state index contributed by atoms with van der Waals surface area (Å²) in [6, 6.07) is 15.9. The molecule has 0 amide bonds. The Morgan fingerprint density at radius 1 is 1.00 bits per heavy atom. The van der Waals surface area contributed by atoms with Crippen molar-refractivity contribution in [2.45, 2.75) is 47.8 Å². The van der Waals surface area contributed by atoms with Crippen LogP contribution in [0.5, 0.6) is 0 Å². The highest BCUT2D eigenvalue weighted by Gasteiger charge is 2.24. The van der Waals surface area contributed by atoms with Gasteiger partial charge in [0.05, 0.1) is 11.4 Å². The van der Waals surface area contributed by atoms with Gasteiger partial charge in [-0.2, -0.15) is 0 Å². The molecule has 2 aromatic carbocycles. The van der Waals surface area contributed by atoms with E-state index in [1.54, 1.807) is 0 Å². The van der Waals surface area contributed by atoms with E-state index < -0.39 is 0 Å². The first-order chi connectivity index (χ1) is 13.2. The summed E-state index contributed by atoms with van der Waals surface area (Å²) in [6.45, 7) is 9.49. The summed E-state index contributed by atoms with van der Waals surface area (Å²) in [7, 11) is 0. The number of anilines is 2. The van der Waals surface area contributed by atoms with Gasteiger partial charge in [-0.1, -0.05) is 37.7 Å². The van der Waals surface area contributed by atoms with Gasteiger partial charge in [0, 0.05) is 21.2 Å². The topological polar surface area (TPSA) is 6.48 Å². The van der Waals surface area contributed by atoms with E-state index in [2.05, 4.69) is 66.1 Å². The van der Waals surface area contributed by atoms with E-state index in [4.69, 9.17) is 0 Å². The molecule has 1 saturated heterocycles. The highest BCUT2D eigenvalue weighted by atomic mass is 32.2. The van der Waals surface area contributed by atoms with Gasteiger partial charge in [0.15, 0.2) is 0 Å². The molecule has 0 saturated carbocycles. The van der Waals surface area contributed by atoms with E-state index in [9.17, 15) is 0 Å². The maximum Gasteiger partial charge on any atom is 0.0564 e. The van der Waals surface area contributed by atoms with Crippen LogP contribution in [0.4, 0.5) is 11.4 Å². The molecule has 2 heterocycles. The fourth-order valence-electron chi connectivity index (χ4n) is 4.04. The highest BCUT2D eigenvalue weighted by Crippen LogP contribution is 2.49. The number of fused-ring (bicyclic) bond motifs is 2. The fourth-order valence-corrected chi connectivity index (χ4v) is 5.81. The van der Waals surface area contributed by atoms with Crippen molar-refractivity contribution in [3.8, 4) is 0 Å². The molecule has 27 heavy (non-hydrogen) atoms. The summed E-state index contributed by atoms with van der Waals surface area (Å²) < 4.78 is 0. The molecule has 2 nitrogen and oxygen atoms in total. The van der Waals surface area contributed by atoms with Crippen LogP contribution in [0, 0.1) is 5.92 Å². The Kier molecular flexibility index (Phi) is 6.36. The second kappa shape index (κ2) is 8.93. The Hall–Kier alpha value is -1.10. The van der Waals surface area contributed by atoms with Crippen LogP contribution in [0.3, 0.4) is 0 Å². The smallest absolute Gasteiger partial charge is 0.0564 e. The summed E-state index contributed by atoms with van der Waals surface area (Å²) in [6.07, 6.45) is 3.95. The third kappa shape index (κ3) is 4.49. The number of hydrogen-bond acceptors (Lipinski definition) is 4. The SMILES string of the molecule is CCSc1ccc2c(c1)N(CCCN1CCC(C)CC1)c1ccccc1S2. The molecule has 0 N–H and O–H groups in total. The lowest BCUT2D eigenvalue weighted by molar-refractivity contribution is 0.191. The van der Waals surface area contributed by atoms with Crippen molar-refractivity contribution >= 4 is 34.9 Å². The Morgan fingerprint density at radius 2 is 1.78 bits per heavy atom. The predicted molar refractivity (Wildman–Crippen MR) is 120 cm³/mol. The molecule has 0 radical (unpaired) electrons. The first kappa shape index (κ1) is 19.2. The summed E-state index contributed by atoms with van der Waals surface area (Å²) in [5, 5.41) is 0. The first-order valence-corrected chi connectivity index (χ1v) is 12.1. The van der Waals surface area contributed by atoms with Crippen molar-refractivity contribution in [1.29, 1.82) is 0 Å². The monoisotopic (exact) mass is 398 g/mol. The third-order valence-corrected chi connectivity index (χ3v) is 7.65. The predicted octanol–water partition coefficient (Wildman–Crippen LogP) is 6.52. The fraction of sp³-hybridized carbons (Fsp3) is 0.478. The molecule has 4 rings (SSSR count). The van der Waals surface area contributed by atoms with Crippen LogP contribution in [-0.2, 0) is 0 Å². The number of rotatable bonds is 6. The second-order valence-electron chi connectivity index (χ2n) is 7.66. The molecular weight excluding hydrogens is 368 g/mol. The number of benzene rings is 2. The van der Waals surface area contributed by atoms with Crippen LogP contribution in [0.25, 0.3) is 0 Å². The molecule has 0 unspecified atom stereocenters. The Morgan fingerprint density at radius 3 is 2.59 bits per heavy atom. The molecule has 2 aromatic rings. The number of hydrogen-bond donors (Lipinski definition) is 0. The maximum absolute atomic E-state index is 2.66. The standard InChI is InChI=1S/C23H30N2S2/c1-3-26-19-9-10-23-21(17-19)25(20-7-4-5-8-22(20)27-23)14-6-13-24-15-11-18(2)12-16-24/h4-5,7-10,17-18H,3,6,11-16H2,1-2H3. The van der Waals surface area contributed by atoms with Crippen molar-refractivity contribution in [2.24, 2.45) is 5.92 Å². The average molecular weight is 399 g/mol. The minimum absolute atomic E-state index is 0.911. The van der Waals surface area contributed by atoms with E-state index in [1.165, 1.54) is 65.0 Å². The molecule has 0 atom stereocenters. The zero-order valence-corrected chi connectivity index (χ0v) is 18.1. The lowest BCUT2D eigenvalue weighted by Crippen LogP contribution is -2.35. The van der Waals surface area contributed by atoms with Crippen molar-refractivity contribution in [1.82, 2.24) is 4.90 Å². The summed E-state index contributed by atoms with van der Waals surface area (Å²) in [5.41, 5.74) is 2.77. The van der Waals surface area contributed by atoms with Crippen LogP contribution in [-0.4, -0.2) is 36.8 Å². The number of thioether (sulfide) groups is 1. The van der Waals surface area contributed by atoms with Crippen LogP contribution < -0.4 is 4.90 Å². The lowest BCUT2D eigenvalue weighted by atomic mass is 9.99. The number of piperidine rings is 1. The average Bonchev–Trinajstić information content (AvgIpc) is 2.69. The zero-order valence-electron chi connectivity index (χ0n) is 16.5. The van der Waals surface area contributed by atoms with Crippen LogP contribution in [0.1, 0.15) is 33.1 Å². The first-order valence-electron chi connectivity index (χ1n) is 10.3. The van der Waals surface area contributed by atoms with Gasteiger partial charge in [0.1, 0.15) is 0 Å². The molecule has 4 heteroatoms. The van der Waals surface area contributed by atoms with Gasteiger partial charge >= 0.3 is 0 Å². The van der Waals surface area contributed by atoms with E-state index in [0.717, 1.165) is 18.2 Å². The number of likely N-dealkylation sites (tertiary alicyclic amines) is 1. The van der Waals surface area contributed by atoms with Crippen molar-refractivity contribution in [2.75, 3.05) is 36.8 Å². The Balaban J connectivity index is 1.51. The van der Waals surface area contributed by atoms with Gasteiger partial charge in [0.2, 0.25) is 0 Å². The summed E-state index contributed by atoms with van der Waals surface area (Å²) in [4.78, 5) is 9.38. The quantitative estimate of drug-likeness (QED) is 0.511. The van der Waals surface area contributed by atoms with Gasteiger partial charge in [-0.3, -0.25) is 0 Å². The van der Waals surface area contributed by atoms with Crippen molar-refractivity contribution in [3.05, 3.63) is 42.5 Å². The molecule has 1 fully saturated rings. The number of nitrogens with zero attached hydrogens (tertiary/aromatic N) is 2. The molecule has 0 aliphatic carbocycles. The van der Waals surface area contributed by atoms with E-state index in [-0.39, 0.29) is 0 Å².